The number of aryl methyl sites for hydroxylation is 2. The molecule has 7 nitrogen and oxygen atoms in total. The quantitative estimate of drug-likeness (QED) is 0.559. The van der Waals surface area contributed by atoms with Gasteiger partial charge in [0, 0.05) is 6.54 Å². The Morgan fingerprint density at radius 3 is 2.09 bits per heavy atom. The molecule has 0 saturated heterocycles. The minimum atomic E-state index is -3.79. The molecule has 0 fully saturated rings. The first-order chi connectivity index (χ1) is 14.9. The van der Waals surface area contributed by atoms with Gasteiger partial charge in [0.15, 0.2) is 6.10 Å². The highest BCUT2D eigenvalue weighted by Gasteiger charge is 2.23. The molecule has 1 amide bonds. The lowest BCUT2D eigenvalue weighted by Crippen LogP contribution is -2.37. The predicted molar refractivity (Wildman–Crippen MR) is 124 cm³/mol. The van der Waals surface area contributed by atoms with E-state index in [0.29, 0.717) is 11.1 Å². The van der Waals surface area contributed by atoms with Crippen molar-refractivity contribution in [3.8, 4) is 0 Å². The van der Waals surface area contributed by atoms with Crippen LogP contribution < -0.4 is 10.0 Å². The molecular formula is C24H32N2O5S. The summed E-state index contributed by atoms with van der Waals surface area (Å²) < 4.78 is 33.3. The van der Waals surface area contributed by atoms with E-state index >= 15 is 0 Å². The molecule has 2 rings (SSSR count). The molecule has 0 radical (unpaired) electrons. The number of esters is 1. The van der Waals surface area contributed by atoms with Crippen LogP contribution in [0.1, 0.15) is 54.1 Å². The lowest BCUT2D eigenvalue weighted by Gasteiger charge is -2.18. The van der Waals surface area contributed by atoms with Crippen LogP contribution in [-0.4, -0.2) is 32.9 Å². The Balaban J connectivity index is 1.90. The third-order valence-corrected chi connectivity index (χ3v) is 7.26. The average Bonchev–Trinajstić information content (AvgIpc) is 2.72. The first-order valence-electron chi connectivity index (χ1n) is 10.6. The van der Waals surface area contributed by atoms with Crippen molar-refractivity contribution in [2.45, 2.75) is 65.0 Å². The van der Waals surface area contributed by atoms with Crippen molar-refractivity contribution >= 4 is 21.9 Å². The average molecular weight is 461 g/mol. The highest BCUT2D eigenvalue weighted by Crippen LogP contribution is 2.25. The fourth-order valence-corrected chi connectivity index (χ4v) is 5.05. The third kappa shape index (κ3) is 6.40. The van der Waals surface area contributed by atoms with Gasteiger partial charge in [-0.1, -0.05) is 36.4 Å². The maximum absolute atomic E-state index is 12.8. The number of rotatable bonds is 9. The van der Waals surface area contributed by atoms with E-state index in [2.05, 4.69) is 10.0 Å². The molecule has 2 atom stereocenters. The Kier molecular flexibility index (Phi) is 8.58. The molecule has 0 aromatic heterocycles. The molecule has 8 heteroatoms. The van der Waals surface area contributed by atoms with Crippen LogP contribution in [0.3, 0.4) is 0 Å². The largest absolute Gasteiger partial charge is 0.453 e. The second-order valence-electron chi connectivity index (χ2n) is 8.01. The van der Waals surface area contributed by atoms with Gasteiger partial charge in [-0.15, -0.1) is 0 Å². The van der Waals surface area contributed by atoms with Gasteiger partial charge in [0.05, 0.1) is 17.4 Å². The summed E-state index contributed by atoms with van der Waals surface area (Å²) >= 11 is 0. The SMILES string of the molecule is Cc1cc(C)c(C)c(S(=O)(=O)NCCC(=O)OC(C)C(=O)NC(C)c2ccccc2)c1C. The van der Waals surface area contributed by atoms with Gasteiger partial charge in [-0.3, -0.25) is 9.59 Å². The second-order valence-corrected chi connectivity index (χ2v) is 9.71. The van der Waals surface area contributed by atoms with Gasteiger partial charge in [0.2, 0.25) is 10.0 Å². The van der Waals surface area contributed by atoms with Gasteiger partial charge in [-0.05, 0) is 69.4 Å². The molecule has 32 heavy (non-hydrogen) atoms. The van der Waals surface area contributed by atoms with Crippen molar-refractivity contribution in [2.24, 2.45) is 0 Å². The van der Waals surface area contributed by atoms with E-state index in [0.717, 1.165) is 16.7 Å². The minimum Gasteiger partial charge on any atom is -0.453 e. The fourth-order valence-electron chi connectivity index (χ4n) is 3.41. The third-order valence-electron chi connectivity index (χ3n) is 5.52. The molecule has 0 bridgehead atoms. The molecule has 0 heterocycles. The summed E-state index contributed by atoms with van der Waals surface area (Å²) in [6.07, 6.45) is -1.18. The van der Waals surface area contributed by atoms with E-state index in [1.165, 1.54) is 6.92 Å². The molecule has 2 unspecified atom stereocenters. The van der Waals surface area contributed by atoms with Crippen molar-refractivity contribution in [2.75, 3.05) is 6.54 Å². The zero-order valence-corrected chi connectivity index (χ0v) is 20.3. The van der Waals surface area contributed by atoms with Gasteiger partial charge in [0.1, 0.15) is 0 Å². The lowest BCUT2D eigenvalue weighted by molar-refractivity contribution is -0.154. The van der Waals surface area contributed by atoms with Crippen LogP contribution in [0, 0.1) is 27.7 Å². The van der Waals surface area contributed by atoms with Crippen LogP contribution in [0.5, 0.6) is 0 Å². The number of hydrogen-bond donors (Lipinski definition) is 2. The summed E-state index contributed by atoms with van der Waals surface area (Å²) in [7, 11) is -3.79. The van der Waals surface area contributed by atoms with E-state index in [1.807, 2.05) is 57.2 Å². The van der Waals surface area contributed by atoms with Gasteiger partial charge in [-0.25, -0.2) is 13.1 Å². The number of carbonyl (C=O) groups is 2. The van der Waals surface area contributed by atoms with Crippen molar-refractivity contribution in [1.82, 2.24) is 10.0 Å². The number of carbonyl (C=O) groups excluding carboxylic acids is 2. The number of hydrogen-bond acceptors (Lipinski definition) is 5. The Bertz CT molecular complexity index is 1060. The number of nitrogens with one attached hydrogen (secondary N) is 2. The summed E-state index contributed by atoms with van der Waals surface area (Å²) in [6, 6.07) is 11.2. The summed E-state index contributed by atoms with van der Waals surface area (Å²) in [6.45, 7) is 10.5. The van der Waals surface area contributed by atoms with Crippen LogP contribution >= 0.6 is 0 Å². The number of benzene rings is 2. The number of ether oxygens (including phenoxy) is 1. The molecule has 2 N–H and O–H groups in total. The number of amides is 1. The van der Waals surface area contributed by atoms with Gasteiger partial charge < -0.3 is 10.1 Å². The zero-order valence-electron chi connectivity index (χ0n) is 19.5. The summed E-state index contributed by atoms with van der Waals surface area (Å²) in [5.41, 5.74) is 4.07. The lowest BCUT2D eigenvalue weighted by atomic mass is 10.0. The van der Waals surface area contributed by atoms with Gasteiger partial charge >= 0.3 is 5.97 Å². The smallest absolute Gasteiger partial charge is 0.307 e. The Morgan fingerprint density at radius 2 is 1.53 bits per heavy atom. The van der Waals surface area contributed by atoms with Crippen LogP contribution in [0.4, 0.5) is 0 Å². The summed E-state index contributed by atoms with van der Waals surface area (Å²) in [5, 5.41) is 2.80. The zero-order chi connectivity index (χ0) is 24.1. The molecule has 0 spiro atoms. The summed E-state index contributed by atoms with van der Waals surface area (Å²) in [5.74, 6) is -1.08. The Morgan fingerprint density at radius 1 is 0.969 bits per heavy atom. The highest BCUT2D eigenvalue weighted by molar-refractivity contribution is 7.89. The Labute approximate surface area is 190 Å². The minimum absolute atomic E-state index is 0.123. The van der Waals surface area contributed by atoms with E-state index in [1.54, 1.807) is 13.8 Å². The van der Waals surface area contributed by atoms with E-state index in [4.69, 9.17) is 4.74 Å². The Hall–Kier alpha value is -2.71. The molecule has 2 aromatic carbocycles. The van der Waals surface area contributed by atoms with Crippen LogP contribution in [0.25, 0.3) is 0 Å². The molecular weight excluding hydrogens is 428 g/mol. The van der Waals surface area contributed by atoms with Crippen molar-refractivity contribution in [3.63, 3.8) is 0 Å². The molecule has 2 aromatic rings. The van der Waals surface area contributed by atoms with E-state index < -0.39 is 28.0 Å². The standard InChI is InChI=1S/C24H32N2O5S/c1-15-14-16(2)18(4)23(17(15)3)32(29,30)25-13-12-22(27)31-20(6)24(28)26-19(5)21-10-8-7-9-11-21/h7-11,14,19-20,25H,12-13H2,1-6H3,(H,26,28). The van der Waals surface area contributed by atoms with Gasteiger partial charge in [0.25, 0.3) is 5.91 Å². The maximum Gasteiger partial charge on any atom is 0.307 e. The summed E-state index contributed by atoms with van der Waals surface area (Å²) in [4.78, 5) is 24.7. The maximum atomic E-state index is 12.8. The topological polar surface area (TPSA) is 102 Å². The second kappa shape index (κ2) is 10.7. The predicted octanol–water partition coefficient (Wildman–Crippen LogP) is 3.40. The van der Waals surface area contributed by atoms with Crippen LogP contribution in [0.15, 0.2) is 41.3 Å². The molecule has 0 aliphatic heterocycles. The van der Waals surface area contributed by atoms with Crippen molar-refractivity contribution in [1.29, 1.82) is 0 Å². The van der Waals surface area contributed by atoms with Crippen LogP contribution in [-0.2, 0) is 24.3 Å². The molecule has 0 aliphatic rings. The van der Waals surface area contributed by atoms with Crippen LogP contribution in [0.2, 0.25) is 0 Å². The fraction of sp³-hybridized carbons (Fsp3) is 0.417. The monoisotopic (exact) mass is 460 g/mol. The van der Waals surface area contributed by atoms with Crippen molar-refractivity contribution in [3.05, 3.63) is 64.2 Å². The van der Waals surface area contributed by atoms with Crippen molar-refractivity contribution < 1.29 is 22.7 Å². The first-order valence-corrected chi connectivity index (χ1v) is 12.0. The molecule has 0 aliphatic carbocycles. The van der Waals surface area contributed by atoms with E-state index in [-0.39, 0.29) is 23.9 Å². The molecule has 0 saturated carbocycles. The van der Waals surface area contributed by atoms with E-state index in [9.17, 15) is 18.0 Å². The number of sulfonamides is 1. The molecule has 174 valence electrons. The van der Waals surface area contributed by atoms with Gasteiger partial charge in [-0.2, -0.15) is 0 Å². The normalized spacial score (nSPS) is 13.3. The first kappa shape index (κ1) is 25.5. The highest BCUT2D eigenvalue weighted by atomic mass is 32.2.